The van der Waals surface area contributed by atoms with E-state index in [1.54, 1.807) is 0 Å². The highest BCUT2D eigenvalue weighted by molar-refractivity contribution is 5.79. The lowest BCUT2D eigenvalue weighted by Crippen LogP contribution is -2.25. The molecule has 3 N–H and O–H groups in total. The fraction of sp³-hybridized carbons (Fsp3) is 0.107. The number of hydrogen-bond donors (Lipinski definition) is 2. The van der Waals surface area contributed by atoms with Crippen LogP contribution in [-0.4, -0.2) is 12.7 Å². The number of rotatable bonds is 5. The van der Waals surface area contributed by atoms with Crippen molar-refractivity contribution in [3.63, 3.8) is 0 Å². The Balaban J connectivity index is 1.19. The molecule has 0 saturated carbocycles. The molecule has 0 atom stereocenters. The standard InChI is InChI=1S/C28H24N2O2/c29-22-15-13-21(14-16-22)20-11-9-19(10-12-20)17-30-28(31)32-18-27-25-7-3-1-5-23(25)24-6-2-4-8-26(24)27/h1-16,27H,17-18,29H2,(H,30,31). The predicted octanol–water partition coefficient (Wildman–Crippen LogP) is 5.97. The Morgan fingerprint density at radius 1 is 0.750 bits per heavy atom. The number of anilines is 1. The normalized spacial score (nSPS) is 12.1. The zero-order valence-electron chi connectivity index (χ0n) is 17.6. The molecule has 4 heteroatoms. The summed E-state index contributed by atoms with van der Waals surface area (Å²) in [6.07, 6.45) is -0.408. The van der Waals surface area contributed by atoms with Crippen LogP contribution in [0.3, 0.4) is 0 Å². The lowest BCUT2D eigenvalue weighted by atomic mass is 9.98. The van der Waals surface area contributed by atoms with Crippen LogP contribution in [0.1, 0.15) is 22.6 Å². The summed E-state index contributed by atoms with van der Waals surface area (Å²) in [6.45, 7) is 0.731. The minimum atomic E-state index is -0.408. The van der Waals surface area contributed by atoms with E-state index in [9.17, 15) is 4.79 Å². The number of hydrogen-bond acceptors (Lipinski definition) is 3. The Morgan fingerprint density at radius 3 is 1.88 bits per heavy atom. The number of nitrogens with one attached hydrogen (secondary N) is 1. The predicted molar refractivity (Wildman–Crippen MR) is 128 cm³/mol. The molecule has 4 aromatic carbocycles. The molecule has 0 aliphatic heterocycles. The minimum Gasteiger partial charge on any atom is -0.449 e. The molecule has 0 unspecified atom stereocenters. The molecule has 0 heterocycles. The summed E-state index contributed by atoms with van der Waals surface area (Å²) in [6, 6.07) is 32.5. The van der Waals surface area contributed by atoms with Gasteiger partial charge in [0.25, 0.3) is 0 Å². The summed E-state index contributed by atoms with van der Waals surface area (Å²) in [7, 11) is 0. The van der Waals surface area contributed by atoms with Gasteiger partial charge in [0.05, 0.1) is 0 Å². The number of alkyl carbamates (subject to hydrolysis) is 1. The quantitative estimate of drug-likeness (QED) is 0.391. The first kappa shape index (κ1) is 19.9. The molecule has 158 valence electrons. The second kappa shape index (κ2) is 8.60. The fourth-order valence-electron chi connectivity index (χ4n) is 4.31. The van der Waals surface area contributed by atoms with E-state index in [0.717, 1.165) is 22.4 Å². The summed E-state index contributed by atoms with van der Waals surface area (Å²) < 4.78 is 5.60. The van der Waals surface area contributed by atoms with E-state index in [-0.39, 0.29) is 5.92 Å². The Morgan fingerprint density at radius 2 is 1.28 bits per heavy atom. The van der Waals surface area contributed by atoms with Crippen LogP contribution < -0.4 is 11.1 Å². The number of fused-ring (bicyclic) bond motifs is 3. The first-order valence-electron chi connectivity index (χ1n) is 10.7. The van der Waals surface area contributed by atoms with E-state index in [1.807, 2.05) is 72.8 Å². The molecule has 0 aromatic heterocycles. The molecular weight excluding hydrogens is 396 g/mol. The Hall–Kier alpha value is -4.05. The number of amides is 1. The van der Waals surface area contributed by atoms with Crippen molar-refractivity contribution in [2.45, 2.75) is 12.5 Å². The third-order valence-corrected chi connectivity index (χ3v) is 5.98. The summed E-state index contributed by atoms with van der Waals surface area (Å²) in [5, 5.41) is 2.86. The van der Waals surface area contributed by atoms with Crippen LogP contribution in [0.5, 0.6) is 0 Å². The first-order chi connectivity index (χ1) is 15.7. The molecule has 0 fully saturated rings. The van der Waals surface area contributed by atoms with Gasteiger partial charge in [-0.15, -0.1) is 0 Å². The van der Waals surface area contributed by atoms with Crippen LogP contribution in [0.25, 0.3) is 22.3 Å². The van der Waals surface area contributed by atoms with Gasteiger partial charge in [-0.25, -0.2) is 4.79 Å². The van der Waals surface area contributed by atoms with Crippen molar-refractivity contribution in [2.24, 2.45) is 0 Å². The van der Waals surface area contributed by atoms with Crippen molar-refractivity contribution >= 4 is 11.8 Å². The molecule has 1 amide bonds. The van der Waals surface area contributed by atoms with Crippen LogP contribution in [-0.2, 0) is 11.3 Å². The van der Waals surface area contributed by atoms with E-state index >= 15 is 0 Å². The molecule has 0 spiro atoms. The van der Waals surface area contributed by atoms with Crippen LogP contribution in [0.4, 0.5) is 10.5 Å². The number of nitrogens with two attached hydrogens (primary N) is 1. The van der Waals surface area contributed by atoms with Gasteiger partial charge in [-0.3, -0.25) is 0 Å². The molecule has 0 radical (unpaired) electrons. The topological polar surface area (TPSA) is 64.3 Å². The van der Waals surface area contributed by atoms with E-state index < -0.39 is 6.09 Å². The lowest BCUT2D eigenvalue weighted by Gasteiger charge is -2.14. The fourth-order valence-corrected chi connectivity index (χ4v) is 4.31. The maximum absolute atomic E-state index is 12.4. The van der Waals surface area contributed by atoms with Gasteiger partial charge >= 0.3 is 6.09 Å². The Bertz CT molecular complexity index is 1200. The van der Waals surface area contributed by atoms with E-state index in [0.29, 0.717) is 13.2 Å². The molecule has 0 saturated heterocycles. The van der Waals surface area contributed by atoms with Crippen molar-refractivity contribution in [1.29, 1.82) is 0 Å². The number of ether oxygens (including phenoxy) is 1. The highest BCUT2D eigenvalue weighted by Crippen LogP contribution is 2.44. The van der Waals surface area contributed by atoms with Crippen molar-refractivity contribution in [3.8, 4) is 22.3 Å². The summed E-state index contributed by atoms with van der Waals surface area (Å²) in [5.41, 5.74) is 14.6. The van der Waals surface area contributed by atoms with Crippen molar-refractivity contribution in [2.75, 3.05) is 12.3 Å². The van der Waals surface area contributed by atoms with Crippen LogP contribution in [0.2, 0.25) is 0 Å². The van der Waals surface area contributed by atoms with Gasteiger partial charge in [0.15, 0.2) is 0 Å². The molecule has 32 heavy (non-hydrogen) atoms. The van der Waals surface area contributed by atoms with E-state index in [4.69, 9.17) is 10.5 Å². The van der Waals surface area contributed by atoms with E-state index in [1.165, 1.54) is 22.3 Å². The van der Waals surface area contributed by atoms with Gasteiger partial charge < -0.3 is 15.8 Å². The molecular formula is C28H24N2O2. The van der Waals surface area contributed by atoms with Crippen molar-refractivity contribution in [3.05, 3.63) is 114 Å². The molecule has 4 aromatic rings. The second-order valence-corrected chi connectivity index (χ2v) is 8.00. The van der Waals surface area contributed by atoms with Gasteiger partial charge in [-0.05, 0) is 51.1 Å². The number of benzene rings is 4. The number of carbonyl (C=O) groups is 1. The van der Waals surface area contributed by atoms with Gasteiger partial charge in [-0.2, -0.15) is 0 Å². The summed E-state index contributed by atoms with van der Waals surface area (Å²) in [5.74, 6) is 0.0624. The second-order valence-electron chi connectivity index (χ2n) is 8.00. The smallest absolute Gasteiger partial charge is 0.407 e. The van der Waals surface area contributed by atoms with Crippen molar-refractivity contribution in [1.82, 2.24) is 5.32 Å². The maximum Gasteiger partial charge on any atom is 0.407 e. The average molecular weight is 421 g/mol. The maximum atomic E-state index is 12.4. The van der Waals surface area contributed by atoms with E-state index in [2.05, 4.69) is 29.6 Å². The average Bonchev–Trinajstić information content (AvgIpc) is 3.16. The zero-order chi connectivity index (χ0) is 21.9. The Kier molecular flexibility index (Phi) is 5.34. The third-order valence-electron chi connectivity index (χ3n) is 5.98. The van der Waals surface area contributed by atoms with Gasteiger partial charge in [0, 0.05) is 18.2 Å². The van der Waals surface area contributed by atoms with Gasteiger partial charge in [0.1, 0.15) is 6.61 Å². The van der Waals surface area contributed by atoms with Gasteiger partial charge in [0.2, 0.25) is 0 Å². The van der Waals surface area contributed by atoms with Gasteiger partial charge in [-0.1, -0.05) is 84.9 Å². The molecule has 4 nitrogen and oxygen atoms in total. The van der Waals surface area contributed by atoms with Crippen LogP contribution in [0, 0.1) is 0 Å². The van der Waals surface area contributed by atoms with Crippen LogP contribution >= 0.6 is 0 Å². The third kappa shape index (κ3) is 3.95. The highest BCUT2D eigenvalue weighted by atomic mass is 16.5. The molecule has 1 aliphatic rings. The van der Waals surface area contributed by atoms with Crippen molar-refractivity contribution < 1.29 is 9.53 Å². The summed E-state index contributed by atoms with van der Waals surface area (Å²) >= 11 is 0. The zero-order valence-corrected chi connectivity index (χ0v) is 17.6. The molecule has 5 rings (SSSR count). The lowest BCUT2D eigenvalue weighted by molar-refractivity contribution is 0.142. The first-order valence-corrected chi connectivity index (χ1v) is 10.7. The minimum absolute atomic E-state index is 0.0624. The Labute approximate surface area is 187 Å². The SMILES string of the molecule is Nc1ccc(-c2ccc(CNC(=O)OCC3c4ccccc4-c4ccccc43)cc2)cc1. The molecule has 1 aliphatic carbocycles. The number of nitrogen functional groups attached to an aromatic ring is 1. The monoisotopic (exact) mass is 420 g/mol. The largest absolute Gasteiger partial charge is 0.449 e. The number of carbonyl (C=O) groups excluding carboxylic acids is 1. The summed E-state index contributed by atoms with van der Waals surface area (Å²) in [4.78, 5) is 12.4. The molecule has 0 bridgehead atoms. The highest BCUT2D eigenvalue weighted by Gasteiger charge is 2.28. The van der Waals surface area contributed by atoms with Crippen LogP contribution in [0.15, 0.2) is 97.1 Å².